The van der Waals surface area contributed by atoms with E-state index in [0.29, 0.717) is 0 Å². The third-order valence-electron chi connectivity index (χ3n) is 4.57. The molecule has 5 heteroatoms. The highest BCUT2D eigenvalue weighted by Crippen LogP contribution is 2.21. The Balaban J connectivity index is 1.62. The molecule has 2 aromatic carbocycles. The van der Waals surface area contributed by atoms with Crippen LogP contribution in [0.2, 0.25) is 0 Å². The molecule has 0 spiro atoms. The second kappa shape index (κ2) is 6.09. The number of benzene rings is 2. The second-order valence-electron chi connectivity index (χ2n) is 6.28. The van der Waals surface area contributed by atoms with Crippen molar-refractivity contribution in [1.82, 2.24) is 19.8 Å². The summed E-state index contributed by atoms with van der Waals surface area (Å²) in [6.07, 6.45) is 0. The van der Waals surface area contributed by atoms with Crippen molar-refractivity contribution in [3.05, 3.63) is 54.1 Å². The van der Waals surface area contributed by atoms with Crippen molar-refractivity contribution in [2.45, 2.75) is 0 Å². The fraction of sp³-hybridized carbons (Fsp3) is 0.263. The van der Waals surface area contributed by atoms with Gasteiger partial charge in [0.25, 0.3) is 5.91 Å². The predicted octanol–water partition coefficient (Wildman–Crippen LogP) is 2.62. The van der Waals surface area contributed by atoms with Crippen molar-refractivity contribution < 1.29 is 4.79 Å². The van der Waals surface area contributed by atoms with E-state index in [1.807, 2.05) is 53.4 Å². The molecule has 3 aromatic rings. The summed E-state index contributed by atoms with van der Waals surface area (Å²) in [6.45, 7) is 3.42. The summed E-state index contributed by atoms with van der Waals surface area (Å²) in [5.74, 6) is 0.927. The van der Waals surface area contributed by atoms with Crippen LogP contribution >= 0.6 is 0 Å². The summed E-state index contributed by atoms with van der Waals surface area (Å²) in [5, 5.41) is 0. The minimum absolute atomic E-state index is 0.0980. The molecule has 122 valence electrons. The molecule has 24 heavy (non-hydrogen) atoms. The highest BCUT2D eigenvalue weighted by molar-refractivity contribution is 5.97. The molecule has 4 rings (SSSR count). The van der Waals surface area contributed by atoms with Crippen LogP contribution in [-0.4, -0.2) is 58.9 Å². The fourth-order valence-electron chi connectivity index (χ4n) is 3.07. The van der Waals surface area contributed by atoms with E-state index in [2.05, 4.69) is 21.9 Å². The number of nitrogens with one attached hydrogen (secondary N) is 1. The largest absolute Gasteiger partial charge is 0.338 e. The summed E-state index contributed by atoms with van der Waals surface area (Å²) in [5.41, 5.74) is 3.54. The van der Waals surface area contributed by atoms with Crippen molar-refractivity contribution in [1.29, 1.82) is 0 Å². The lowest BCUT2D eigenvalue weighted by Crippen LogP contribution is -2.47. The van der Waals surface area contributed by atoms with Gasteiger partial charge in [0, 0.05) is 37.3 Å². The molecule has 1 aliphatic heterocycles. The quantitative estimate of drug-likeness (QED) is 0.790. The summed E-state index contributed by atoms with van der Waals surface area (Å²) in [4.78, 5) is 24.8. The number of nitrogens with zero attached hydrogens (tertiary/aromatic N) is 3. The van der Waals surface area contributed by atoms with Crippen molar-refractivity contribution >= 4 is 16.9 Å². The molecule has 1 aliphatic rings. The fourth-order valence-corrected chi connectivity index (χ4v) is 3.07. The van der Waals surface area contributed by atoms with Crippen molar-refractivity contribution in [2.75, 3.05) is 33.2 Å². The van der Waals surface area contributed by atoms with Gasteiger partial charge < -0.3 is 14.8 Å². The third kappa shape index (κ3) is 2.78. The van der Waals surface area contributed by atoms with Gasteiger partial charge >= 0.3 is 0 Å². The Morgan fingerprint density at radius 3 is 2.54 bits per heavy atom. The molecule has 0 bridgehead atoms. The molecule has 0 aliphatic carbocycles. The number of carbonyl (C=O) groups excluding carboxylic acids is 1. The maximum absolute atomic E-state index is 12.7. The molecule has 0 atom stereocenters. The summed E-state index contributed by atoms with van der Waals surface area (Å²) >= 11 is 0. The number of aromatic amines is 1. The van der Waals surface area contributed by atoms with E-state index in [-0.39, 0.29) is 5.91 Å². The number of aromatic nitrogens is 2. The van der Waals surface area contributed by atoms with Crippen molar-refractivity contribution in [2.24, 2.45) is 0 Å². The second-order valence-corrected chi connectivity index (χ2v) is 6.28. The first-order chi connectivity index (χ1) is 11.7. The Kier molecular flexibility index (Phi) is 3.78. The minimum atomic E-state index is 0.0980. The van der Waals surface area contributed by atoms with E-state index >= 15 is 0 Å². The molecule has 5 nitrogen and oxygen atoms in total. The molecule has 1 fully saturated rings. The van der Waals surface area contributed by atoms with Crippen LogP contribution in [0.1, 0.15) is 10.4 Å². The lowest BCUT2D eigenvalue weighted by molar-refractivity contribution is 0.0664. The van der Waals surface area contributed by atoms with Gasteiger partial charge in [-0.15, -0.1) is 0 Å². The van der Waals surface area contributed by atoms with E-state index in [4.69, 9.17) is 0 Å². The van der Waals surface area contributed by atoms with Gasteiger partial charge in [0.05, 0.1) is 11.0 Å². The number of imidazole rings is 1. The van der Waals surface area contributed by atoms with Crippen LogP contribution in [0.5, 0.6) is 0 Å². The molecule has 0 saturated carbocycles. The average molecular weight is 320 g/mol. The van der Waals surface area contributed by atoms with Gasteiger partial charge in [-0.2, -0.15) is 0 Å². The number of fused-ring (bicyclic) bond motifs is 1. The van der Waals surface area contributed by atoms with Crippen molar-refractivity contribution in [3.63, 3.8) is 0 Å². The number of hydrogen-bond donors (Lipinski definition) is 1. The molecule has 1 saturated heterocycles. The standard InChI is InChI=1S/C19H20N4O/c1-22-9-11-23(12-10-22)19(24)15-7-8-16-17(13-15)21-18(20-16)14-5-3-2-4-6-14/h2-8,13H,9-12H2,1H3,(H,20,21). The molecule has 1 aromatic heterocycles. The summed E-state index contributed by atoms with van der Waals surface area (Å²) < 4.78 is 0. The zero-order chi connectivity index (χ0) is 16.5. The lowest BCUT2D eigenvalue weighted by Gasteiger charge is -2.32. The maximum atomic E-state index is 12.7. The zero-order valence-corrected chi connectivity index (χ0v) is 13.7. The summed E-state index contributed by atoms with van der Waals surface area (Å²) in [6, 6.07) is 15.7. The molecule has 0 unspecified atom stereocenters. The van der Waals surface area contributed by atoms with Gasteiger partial charge in [-0.05, 0) is 25.2 Å². The van der Waals surface area contributed by atoms with Crippen LogP contribution in [-0.2, 0) is 0 Å². The van der Waals surface area contributed by atoms with Gasteiger partial charge in [0.2, 0.25) is 0 Å². The normalized spacial score (nSPS) is 15.8. The Labute approximate surface area is 140 Å². The molecule has 0 radical (unpaired) electrons. The number of likely N-dealkylation sites (N-methyl/N-ethyl adjacent to an activating group) is 1. The Hall–Kier alpha value is -2.66. The van der Waals surface area contributed by atoms with Gasteiger partial charge in [-0.3, -0.25) is 4.79 Å². The predicted molar refractivity (Wildman–Crippen MR) is 94.9 cm³/mol. The van der Waals surface area contributed by atoms with E-state index in [1.54, 1.807) is 0 Å². The van der Waals surface area contributed by atoms with E-state index in [1.165, 1.54) is 0 Å². The zero-order valence-electron chi connectivity index (χ0n) is 13.7. The van der Waals surface area contributed by atoms with Crippen LogP contribution in [0, 0.1) is 0 Å². The topological polar surface area (TPSA) is 52.2 Å². The first-order valence-electron chi connectivity index (χ1n) is 8.24. The SMILES string of the molecule is CN1CCN(C(=O)c2ccc3nc(-c4ccccc4)[nH]c3c2)CC1. The van der Waals surface area contributed by atoms with Gasteiger partial charge in [0.15, 0.2) is 0 Å². The Bertz CT molecular complexity index is 863. The van der Waals surface area contributed by atoms with E-state index in [9.17, 15) is 4.79 Å². The molecule has 1 N–H and O–H groups in total. The van der Waals surface area contributed by atoms with Crippen LogP contribution in [0.15, 0.2) is 48.5 Å². The Morgan fingerprint density at radius 1 is 1.04 bits per heavy atom. The van der Waals surface area contributed by atoms with Gasteiger partial charge in [-0.1, -0.05) is 30.3 Å². The summed E-state index contributed by atoms with van der Waals surface area (Å²) in [7, 11) is 2.09. The van der Waals surface area contributed by atoms with E-state index in [0.717, 1.165) is 54.2 Å². The van der Waals surface area contributed by atoms with Crippen LogP contribution in [0.3, 0.4) is 0 Å². The third-order valence-corrected chi connectivity index (χ3v) is 4.57. The Morgan fingerprint density at radius 2 is 1.79 bits per heavy atom. The number of hydrogen-bond acceptors (Lipinski definition) is 3. The molecule has 2 heterocycles. The number of H-pyrrole nitrogens is 1. The molecular formula is C19H20N4O. The maximum Gasteiger partial charge on any atom is 0.254 e. The number of carbonyl (C=O) groups is 1. The number of amides is 1. The van der Waals surface area contributed by atoms with Crippen LogP contribution < -0.4 is 0 Å². The minimum Gasteiger partial charge on any atom is -0.338 e. The van der Waals surface area contributed by atoms with Crippen LogP contribution in [0.25, 0.3) is 22.4 Å². The van der Waals surface area contributed by atoms with Gasteiger partial charge in [0.1, 0.15) is 5.82 Å². The number of rotatable bonds is 2. The average Bonchev–Trinajstić information content (AvgIpc) is 3.06. The highest BCUT2D eigenvalue weighted by atomic mass is 16.2. The van der Waals surface area contributed by atoms with E-state index < -0.39 is 0 Å². The van der Waals surface area contributed by atoms with Crippen molar-refractivity contribution in [3.8, 4) is 11.4 Å². The lowest BCUT2D eigenvalue weighted by atomic mass is 10.1. The molecule has 1 amide bonds. The smallest absolute Gasteiger partial charge is 0.254 e. The number of piperazine rings is 1. The monoisotopic (exact) mass is 320 g/mol. The highest BCUT2D eigenvalue weighted by Gasteiger charge is 2.20. The first-order valence-corrected chi connectivity index (χ1v) is 8.24. The van der Waals surface area contributed by atoms with Gasteiger partial charge in [-0.25, -0.2) is 4.98 Å². The molecular weight excluding hydrogens is 300 g/mol. The first kappa shape index (κ1) is 14.9. The van der Waals surface area contributed by atoms with Crippen LogP contribution in [0.4, 0.5) is 0 Å².